The van der Waals surface area contributed by atoms with Crippen molar-refractivity contribution in [1.29, 1.82) is 0 Å². The van der Waals surface area contributed by atoms with Crippen molar-refractivity contribution in [2.45, 2.75) is 0 Å². The Hall–Kier alpha value is -3.36. The van der Waals surface area contributed by atoms with Gasteiger partial charge in [0.15, 0.2) is 6.61 Å². The smallest absolute Gasteiger partial charge is 0.338 e. The number of aromatic nitrogens is 2. The fourth-order valence-electron chi connectivity index (χ4n) is 1.97. The standard InChI is InChI=1S/C16H17N3O6/c1-18-12(8-14(21)19(2)16(18)23)17-13(20)9-25-15(22)10-4-6-11(24-3)7-5-10/h4-8H,9H2,1-3H3,(H,17,20). The third-order valence-corrected chi connectivity index (χ3v) is 3.45. The van der Waals surface area contributed by atoms with E-state index < -0.39 is 29.7 Å². The zero-order valence-electron chi connectivity index (χ0n) is 13.9. The third-order valence-electron chi connectivity index (χ3n) is 3.45. The molecule has 0 aliphatic carbocycles. The highest BCUT2D eigenvalue weighted by Gasteiger charge is 2.13. The molecule has 1 amide bonds. The van der Waals surface area contributed by atoms with E-state index in [0.717, 1.165) is 15.2 Å². The molecule has 2 aromatic rings. The molecular formula is C16H17N3O6. The molecule has 0 unspecified atom stereocenters. The van der Waals surface area contributed by atoms with Crippen molar-refractivity contribution in [3.05, 3.63) is 56.7 Å². The van der Waals surface area contributed by atoms with Gasteiger partial charge >= 0.3 is 11.7 Å². The molecule has 1 heterocycles. The van der Waals surface area contributed by atoms with Gasteiger partial charge in [-0.25, -0.2) is 9.59 Å². The lowest BCUT2D eigenvalue weighted by molar-refractivity contribution is -0.119. The number of nitrogens with one attached hydrogen (secondary N) is 1. The average Bonchev–Trinajstić information content (AvgIpc) is 2.62. The Morgan fingerprint density at radius 2 is 1.72 bits per heavy atom. The summed E-state index contributed by atoms with van der Waals surface area (Å²) in [6.07, 6.45) is 0. The zero-order chi connectivity index (χ0) is 18.6. The minimum atomic E-state index is -0.685. The van der Waals surface area contributed by atoms with E-state index in [0.29, 0.717) is 5.75 Å². The summed E-state index contributed by atoms with van der Waals surface area (Å²) >= 11 is 0. The normalized spacial score (nSPS) is 10.2. The molecule has 0 aliphatic heterocycles. The van der Waals surface area contributed by atoms with Crippen LogP contribution in [0.3, 0.4) is 0 Å². The van der Waals surface area contributed by atoms with E-state index >= 15 is 0 Å². The first-order chi connectivity index (χ1) is 11.8. The van der Waals surface area contributed by atoms with Gasteiger partial charge in [0.1, 0.15) is 11.6 Å². The molecule has 0 saturated heterocycles. The summed E-state index contributed by atoms with van der Waals surface area (Å²) in [5, 5.41) is 2.36. The molecule has 0 aliphatic rings. The number of carbonyl (C=O) groups excluding carboxylic acids is 2. The zero-order valence-corrected chi connectivity index (χ0v) is 13.9. The molecule has 2 rings (SSSR count). The molecule has 9 nitrogen and oxygen atoms in total. The van der Waals surface area contributed by atoms with E-state index in [9.17, 15) is 19.2 Å². The van der Waals surface area contributed by atoms with Gasteiger partial charge in [-0.3, -0.25) is 18.7 Å². The second kappa shape index (κ2) is 7.47. The number of esters is 1. The van der Waals surface area contributed by atoms with Crippen LogP contribution in [0.15, 0.2) is 39.9 Å². The summed E-state index contributed by atoms with van der Waals surface area (Å²) < 4.78 is 11.9. The van der Waals surface area contributed by atoms with Crippen LogP contribution in [0.4, 0.5) is 5.82 Å². The van der Waals surface area contributed by atoms with Gasteiger partial charge < -0.3 is 14.8 Å². The second-order valence-corrected chi connectivity index (χ2v) is 5.12. The molecular weight excluding hydrogens is 330 g/mol. The van der Waals surface area contributed by atoms with E-state index in [1.54, 1.807) is 12.1 Å². The Bertz CT molecular complexity index is 911. The number of carbonyl (C=O) groups is 2. The van der Waals surface area contributed by atoms with E-state index in [1.807, 2.05) is 0 Å². The van der Waals surface area contributed by atoms with E-state index in [2.05, 4.69) is 5.32 Å². The maximum absolute atomic E-state index is 11.9. The number of amides is 1. The Labute approximate surface area is 142 Å². The first-order valence-corrected chi connectivity index (χ1v) is 7.21. The summed E-state index contributed by atoms with van der Waals surface area (Å²) in [5.74, 6) is -0.764. The highest BCUT2D eigenvalue weighted by Crippen LogP contribution is 2.12. The van der Waals surface area contributed by atoms with Crippen LogP contribution >= 0.6 is 0 Å². The topological polar surface area (TPSA) is 109 Å². The van der Waals surface area contributed by atoms with Gasteiger partial charge in [0, 0.05) is 20.2 Å². The van der Waals surface area contributed by atoms with Crippen LogP contribution in [0.5, 0.6) is 5.75 Å². The summed E-state index contributed by atoms with van der Waals surface area (Å²) in [7, 11) is 4.23. The summed E-state index contributed by atoms with van der Waals surface area (Å²) in [5.41, 5.74) is -0.888. The molecule has 0 atom stereocenters. The van der Waals surface area contributed by atoms with Crippen LogP contribution < -0.4 is 21.3 Å². The van der Waals surface area contributed by atoms with Crippen LogP contribution in [0.2, 0.25) is 0 Å². The molecule has 132 valence electrons. The van der Waals surface area contributed by atoms with Crippen LogP contribution in [-0.4, -0.2) is 34.7 Å². The predicted molar refractivity (Wildman–Crippen MR) is 88.8 cm³/mol. The maximum Gasteiger partial charge on any atom is 0.338 e. The Kier molecular flexibility index (Phi) is 5.38. The van der Waals surface area contributed by atoms with Crippen molar-refractivity contribution in [1.82, 2.24) is 9.13 Å². The number of ether oxygens (including phenoxy) is 2. The molecule has 1 N–H and O–H groups in total. The van der Waals surface area contributed by atoms with Crippen LogP contribution in [0.1, 0.15) is 10.4 Å². The largest absolute Gasteiger partial charge is 0.497 e. The number of hydrogen-bond acceptors (Lipinski definition) is 6. The molecule has 25 heavy (non-hydrogen) atoms. The summed E-state index contributed by atoms with van der Waals surface area (Å²) in [6.45, 7) is -0.561. The number of nitrogens with zero attached hydrogens (tertiary/aromatic N) is 2. The van der Waals surface area contributed by atoms with Crippen LogP contribution in [-0.2, 0) is 23.6 Å². The molecule has 9 heteroatoms. The Balaban J connectivity index is 2.00. The lowest BCUT2D eigenvalue weighted by atomic mass is 10.2. The van der Waals surface area contributed by atoms with Gasteiger partial charge in [0.2, 0.25) is 0 Å². The van der Waals surface area contributed by atoms with Crippen LogP contribution in [0.25, 0.3) is 0 Å². The molecule has 0 fully saturated rings. The van der Waals surface area contributed by atoms with Crippen molar-refractivity contribution in [2.24, 2.45) is 14.1 Å². The first-order valence-electron chi connectivity index (χ1n) is 7.21. The second-order valence-electron chi connectivity index (χ2n) is 5.12. The third kappa shape index (κ3) is 4.14. The number of anilines is 1. The van der Waals surface area contributed by atoms with Gasteiger partial charge in [-0.05, 0) is 24.3 Å². The maximum atomic E-state index is 11.9. The summed E-state index contributed by atoms with van der Waals surface area (Å²) in [4.78, 5) is 47.1. The number of benzene rings is 1. The van der Waals surface area contributed by atoms with Crippen molar-refractivity contribution < 1.29 is 19.1 Å². The Morgan fingerprint density at radius 3 is 2.32 bits per heavy atom. The number of rotatable bonds is 5. The lowest BCUT2D eigenvalue weighted by Gasteiger charge is -2.11. The minimum absolute atomic E-state index is 0.0126. The van der Waals surface area contributed by atoms with Gasteiger partial charge in [-0.15, -0.1) is 0 Å². The number of hydrogen-bond donors (Lipinski definition) is 1. The van der Waals surface area contributed by atoms with E-state index in [4.69, 9.17) is 9.47 Å². The van der Waals surface area contributed by atoms with Gasteiger partial charge in [-0.2, -0.15) is 0 Å². The van der Waals surface area contributed by atoms with Crippen molar-refractivity contribution in [3.8, 4) is 5.75 Å². The van der Waals surface area contributed by atoms with E-state index in [1.165, 1.54) is 33.3 Å². The molecule has 0 saturated carbocycles. The average molecular weight is 347 g/mol. The quantitative estimate of drug-likeness (QED) is 0.756. The van der Waals surface area contributed by atoms with Crippen LogP contribution in [0, 0.1) is 0 Å². The highest BCUT2D eigenvalue weighted by atomic mass is 16.5. The summed E-state index contributed by atoms with van der Waals surface area (Å²) in [6, 6.07) is 7.29. The SMILES string of the molecule is COc1ccc(C(=O)OCC(=O)Nc2cc(=O)n(C)c(=O)n2C)cc1. The van der Waals surface area contributed by atoms with Gasteiger partial charge in [0.25, 0.3) is 11.5 Å². The highest BCUT2D eigenvalue weighted by molar-refractivity contribution is 5.95. The van der Waals surface area contributed by atoms with E-state index in [-0.39, 0.29) is 11.4 Å². The van der Waals surface area contributed by atoms with Crippen molar-refractivity contribution in [2.75, 3.05) is 19.0 Å². The van der Waals surface area contributed by atoms with Gasteiger partial charge in [0.05, 0.1) is 12.7 Å². The fourth-order valence-corrected chi connectivity index (χ4v) is 1.97. The minimum Gasteiger partial charge on any atom is -0.497 e. The monoisotopic (exact) mass is 347 g/mol. The Morgan fingerprint density at radius 1 is 1.08 bits per heavy atom. The molecule has 0 bridgehead atoms. The predicted octanol–water partition coefficient (Wildman–Crippen LogP) is -0.112. The molecule has 0 spiro atoms. The molecule has 1 aromatic carbocycles. The van der Waals surface area contributed by atoms with Crippen molar-refractivity contribution in [3.63, 3.8) is 0 Å². The fraction of sp³-hybridized carbons (Fsp3) is 0.250. The molecule has 1 aromatic heterocycles. The first kappa shape index (κ1) is 18.0. The van der Waals surface area contributed by atoms with Crippen molar-refractivity contribution >= 4 is 17.7 Å². The number of methoxy groups -OCH3 is 1. The molecule has 0 radical (unpaired) electrons. The van der Waals surface area contributed by atoms with Gasteiger partial charge in [-0.1, -0.05) is 0 Å². The lowest BCUT2D eigenvalue weighted by Crippen LogP contribution is -2.38.